The first kappa shape index (κ1) is 12.7. The van der Waals surface area contributed by atoms with E-state index in [1.54, 1.807) is 0 Å². The van der Waals surface area contributed by atoms with Gasteiger partial charge in [0.25, 0.3) is 0 Å². The highest BCUT2D eigenvalue weighted by atomic mass is 35.5. The summed E-state index contributed by atoms with van der Waals surface area (Å²) in [6.45, 7) is 7.51. The summed E-state index contributed by atoms with van der Waals surface area (Å²) >= 11 is 6.04. The highest BCUT2D eigenvalue weighted by Crippen LogP contribution is 2.36. The lowest BCUT2D eigenvalue weighted by Gasteiger charge is -2.44. The maximum atomic E-state index is 6.04. The average molecular weight is 253 g/mol. The minimum absolute atomic E-state index is 0.351. The van der Waals surface area contributed by atoms with E-state index in [1.807, 2.05) is 18.2 Å². The third-order valence-corrected chi connectivity index (χ3v) is 4.26. The van der Waals surface area contributed by atoms with Gasteiger partial charge in [0.2, 0.25) is 0 Å². The predicted octanol–water partition coefficient (Wildman–Crippen LogP) is 3.15. The first-order valence-corrected chi connectivity index (χ1v) is 6.61. The lowest BCUT2D eigenvalue weighted by Crippen LogP contribution is -2.47. The zero-order valence-electron chi connectivity index (χ0n) is 10.6. The molecular formula is C14H21ClN2. The van der Waals surface area contributed by atoms with Gasteiger partial charge in [-0.25, -0.2) is 0 Å². The molecule has 1 saturated heterocycles. The second-order valence-corrected chi connectivity index (χ2v) is 6.03. The third kappa shape index (κ3) is 2.75. The highest BCUT2D eigenvalue weighted by molar-refractivity contribution is 6.30. The number of halogens is 1. The average Bonchev–Trinajstić information content (AvgIpc) is 2.28. The molecule has 0 bridgehead atoms. The lowest BCUT2D eigenvalue weighted by molar-refractivity contribution is 0.177. The minimum atomic E-state index is 0.351. The van der Waals surface area contributed by atoms with Gasteiger partial charge >= 0.3 is 0 Å². The maximum absolute atomic E-state index is 6.04. The number of anilines is 1. The molecule has 0 amide bonds. The SMILES string of the molecule is CC1(C)CCN(c2cccc(Cl)c2)CC1CN. The van der Waals surface area contributed by atoms with Gasteiger partial charge in [-0.2, -0.15) is 0 Å². The fourth-order valence-corrected chi connectivity index (χ4v) is 2.72. The monoisotopic (exact) mass is 252 g/mol. The van der Waals surface area contributed by atoms with Crippen molar-refractivity contribution in [2.75, 3.05) is 24.5 Å². The number of hydrogen-bond acceptors (Lipinski definition) is 2. The topological polar surface area (TPSA) is 29.3 Å². The Bertz CT molecular complexity index is 390. The van der Waals surface area contributed by atoms with E-state index >= 15 is 0 Å². The van der Waals surface area contributed by atoms with E-state index in [9.17, 15) is 0 Å². The Balaban J connectivity index is 2.15. The molecule has 1 atom stereocenters. The van der Waals surface area contributed by atoms with Crippen LogP contribution in [0.4, 0.5) is 5.69 Å². The van der Waals surface area contributed by atoms with Crippen LogP contribution in [0.3, 0.4) is 0 Å². The Hall–Kier alpha value is -0.730. The van der Waals surface area contributed by atoms with E-state index in [1.165, 1.54) is 12.1 Å². The standard InChI is InChI=1S/C14H21ClN2/c1-14(2)6-7-17(10-11(14)9-16)13-5-3-4-12(15)8-13/h3-5,8,11H,6-7,9-10,16H2,1-2H3. The van der Waals surface area contributed by atoms with Crippen molar-refractivity contribution in [2.24, 2.45) is 17.1 Å². The van der Waals surface area contributed by atoms with Crippen molar-refractivity contribution in [3.8, 4) is 0 Å². The van der Waals surface area contributed by atoms with E-state index in [0.29, 0.717) is 11.3 Å². The molecule has 1 aliphatic heterocycles. The molecule has 0 aromatic heterocycles. The summed E-state index contributed by atoms with van der Waals surface area (Å²) in [5.41, 5.74) is 7.46. The van der Waals surface area contributed by atoms with Crippen LogP contribution in [0.1, 0.15) is 20.3 Å². The molecule has 2 rings (SSSR count). The molecule has 1 aromatic carbocycles. The molecule has 2 nitrogen and oxygen atoms in total. The number of rotatable bonds is 2. The van der Waals surface area contributed by atoms with Gasteiger partial charge in [-0.3, -0.25) is 0 Å². The van der Waals surface area contributed by atoms with Crippen LogP contribution in [0.15, 0.2) is 24.3 Å². The van der Waals surface area contributed by atoms with Crippen LogP contribution in [0.2, 0.25) is 5.02 Å². The summed E-state index contributed by atoms with van der Waals surface area (Å²) in [7, 11) is 0. The number of benzene rings is 1. The summed E-state index contributed by atoms with van der Waals surface area (Å²) in [5, 5.41) is 0.802. The summed E-state index contributed by atoms with van der Waals surface area (Å²) in [6.07, 6.45) is 1.18. The van der Waals surface area contributed by atoms with Crippen LogP contribution in [0.25, 0.3) is 0 Å². The minimum Gasteiger partial charge on any atom is -0.371 e. The Morgan fingerprint density at radius 1 is 1.47 bits per heavy atom. The van der Waals surface area contributed by atoms with Gasteiger partial charge in [0.05, 0.1) is 0 Å². The van der Waals surface area contributed by atoms with Crippen LogP contribution < -0.4 is 10.6 Å². The molecule has 1 heterocycles. The van der Waals surface area contributed by atoms with Crippen molar-refractivity contribution in [2.45, 2.75) is 20.3 Å². The second kappa shape index (κ2) is 4.87. The normalized spacial score (nSPS) is 23.8. The Labute approximate surface area is 109 Å². The summed E-state index contributed by atoms with van der Waals surface area (Å²) in [4.78, 5) is 2.40. The molecule has 2 N–H and O–H groups in total. The molecule has 1 unspecified atom stereocenters. The van der Waals surface area contributed by atoms with Crippen LogP contribution >= 0.6 is 11.6 Å². The Kier molecular flexibility index (Phi) is 3.64. The molecule has 17 heavy (non-hydrogen) atoms. The van der Waals surface area contributed by atoms with Gasteiger partial charge in [-0.15, -0.1) is 0 Å². The van der Waals surface area contributed by atoms with Crippen molar-refractivity contribution in [1.82, 2.24) is 0 Å². The van der Waals surface area contributed by atoms with Crippen LogP contribution in [-0.4, -0.2) is 19.6 Å². The summed E-state index contributed by atoms with van der Waals surface area (Å²) in [5.74, 6) is 0.551. The van der Waals surface area contributed by atoms with E-state index < -0.39 is 0 Å². The van der Waals surface area contributed by atoms with Gasteiger partial charge in [0, 0.05) is 23.8 Å². The molecule has 3 heteroatoms. The van der Waals surface area contributed by atoms with Crippen molar-refractivity contribution in [1.29, 1.82) is 0 Å². The van der Waals surface area contributed by atoms with Gasteiger partial charge in [-0.1, -0.05) is 31.5 Å². The number of piperidine rings is 1. The van der Waals surface area contributed by atoms with Gasteiger partial charge < -0.3 is 10.6 Å². The highest BCUT2D eigenvalue weighted by Gasteiger charge is 2.34. The zero-order chi connectivity index (χ0) is 12.5. The number of nitrogens with two attached hydrogens (primary N) is 1. The van der Waals surface area contributed by atoms with Crippen molar-refractivity contribution < 1.29 is 0 Å². The first-order chi connectivity index (χ1) is 8.03. The molecule has 94 valence electrons. The molecule has 0 spiro atoms. The molecule has 1 aromatic rings. The van der Waals surface area contributed by atoms with Crippen LogP contribution in [-0.2, 0) is 0 Å². The lowest BCUT2D eigenvalue weighted by atomic mass is 9.73. The molecular weight excluding hydrogens is 232 g/mol. The quantitative estimate of drug-likeness (QED) is 0.876. The number of hydrogen-bond donors (Lipinski definition) is 1. The fourth-order valence-electron chi connectivity index (χ4n) is 2.53. The smallest absolute Gasteiger partial charge is 0.0426 e. The molecule has 0 saturated carbocycles. The van der Waals surface area contributed by atoms with E-state index in [-0.39, 0.29) is 0 Å². The van der Waals surface area contributed by atoms with E-state index in [0.717, 1.165) is 24.7 Å². The summed E-state index contributed by atoms with van der Waals surface area (Å²) in [6, 6.07) is 8.08. The maximum Gasteiger partial charge on any atom is 0.0426 e. The molecule has 0 aliphatic carbocycles. The van der Waals surface area contributed by atoms with Gasteiger partial charge in [0.1, 0.15) is 0 Å². The van der Waals surface area contributed by atoms with Gasteiger partial charge in [0.15, 0.2) is 0 Å². The largest absolute Gasteiger partial charge is 0.371 e. The molecule has 1 aliphatic rings. The van der Waals surface area contributed by atoms with E-state index in [4.69, 9.17) is 17.3 Å². The molecule has 1 fully saturated rings. The zero-order valence-corrected chi connectivity index (χ0v) is 11.4. The van der Waals surface area contributed by atoms with Crippen molar-refractivity contribution >= 4 is 17.3 Å². The predicted molar refractivity (Wildman–Crippen MR) is 74.6 cm³/mol. The number of nitrogens with zero attached hydrogens (tertiary/aromatic N) is 1. The van der Waals surface area contributed by atoms with Crippen LogP contribution in [0.5, 0.6) is 0 Å². The molecule has 0 radical (unpaired) electrons. The van der Waals surface area contributed by atoms with Gasteiger partial charge in [-0.05, 0) is 42.5 Å². The first-order valence-electron chi connectivity index (χ1n) is 6.23. The fraction of sp³-hybridized carbons (Fsp3) is 0.571. The summed E-state index contributed by atoms with van der Waals surface area (Å²) < 4.78 is 0. The van der Waals surface area contributed by atoms with Crippen molar-refractivity contribution in [3.63, 3.8) is 0 Å². The van der Waals surface area contributed by atoms with E-state index in [2.05, 4.69) is 24.8 Å². The third-order valence-electron chi connectivity index (χ3n) is 4.03. The Morgan fingerprint density at radius 2 is 2.24 bits per heavy atom. The van der Waals surface area contributed by atoms with Crippen LogP contribution in [0, 0.1) is 11.3 Å². The van der Waals surface area contributed by atoms with Crippen molar-refractivity contribution in [3.05, 3.63) is 29.3 Å². The second-order valence-electron chi connectivity index (χ2n) is 5.60. The Morgan fingerprint density at radius 3 is 2.88 bits per heavy atom.